The zero-order chi connectivity index (χ0) is 42.0. The quantitative estimate of drug-likeness (QED) is 0.145. The van der Waals surface area contributed by atoms with Gasteiger partial charge in [0.1, 0.15) is 25.3 Å². The van der Waals surface area contributed by atoms with Gasteiger partial charge in [-0.15, -0.1) is 0 Å². The van der Waals surface area contributed by atoms with Crippen LogP contribution < -0.4 is 25.5 Å². The Labute approximate surface area is 341 Å². The Hall–Kier alpha value is -5.41. The molecule has 58 heavy (non-hydrogen) atoms. The van der Waals surface area contributed by atoms with Crippen LogP contribution in [0.3, 0.4) is 0 Å². The van der Waals surface area contributed by atoms with Crippen molar-refractivity contribution in [2.24, 2.45) is 11.3 Å². The molecule has 5 unspecified atom stereocenters. The third-order valence-corrected chi connectivity index (χ3v) is 10.5. The second kappa shape index (κ2) is 19.8. The number of amides is 5. The highest BCUT2D eigenvalue weighted by Crippen LogP contribution is 2.31. The largest absolute Gasteiger partial charge is 0.486 e. The summed E-state index contributed by atoms with van der Waals surface area (Å²) in [7, 11) is 1.23. The Morgan fingerprint density at radius 2 is 1.67 bits per heavy atom. The molecule has 3 heterocycles. The molecule has 5 amide bonds. The van der Waals surface area contributed by atoms with E-state index >= 15 is 0 Å². The van der Waals surface area contributed by atoms with Gasteiger partial charge in [-0.1, -0.05) is 83.5 Å². The maximum atomic E-state index is 14.5. The molecule has 5 rings (SSSR count). The molecule has 0 bridgehead atoms. The Morgan fingerprint density at radius 1 is 0.948 bits per heavy atom. The van der Waals surface area contributed by atoms with Crippen molar-refractivity contribution in [1.29, 1.82) is 0 Å². The number of pyridine rings is 1. The maximum Gasteiger partial charge on any atom is 0.407 e. The number of ether oxygens (including phenoxy) is 3. The van der Waals surface area contributed by atoms with E-state index in [4.69, 9.17) is 14.2 Å². The van der Waals surface area contributed by atoms with Gasteiger partial charge in [0.05, 0.1) is 31.5 Å². The number of aliphatic hydroxyl groups is 1. The Kier molecular flexibility index (Phi) is 14.9. The van der Waals surface area contributed by atoms with Crippen LogP contribution in [0.4, 0.5) is 9.59 Å². The van der Waals surface area contributed by atoms with Crippen LogP contribution in [0.5, 0.6) is 11.5 Å². The molecule has 2 aliphatic heterocycles. The van der Waals surface area contributed by atoms with Crippen molar-refractivity contribution in [3.05, 3.63) is 89.2 Å². The lowest BCUT2D eigenvalue weighted by Gasteiger charge is -2.36. The van der Waals surface area contributed by atoms with Gasteiger partial charge >= 0.3 is 12.1 Å². The lowest BCUT2D eigenvalue weighted by atomic mass is 9.86. The molecule has 2 aliphatic rings. The van der Waals surface area contributed by atoms with Crippen LogP contribution in [0, 0.1) is 18.3 Å². The van der Waals surface area contributed by atoms with Crippen LogP contribution >= 0.6 is 0 Å². The number of aromatic nitrogens is 1. The van der Waals surface area contributed by atoms with E-state index in [1.807, 2.05) is 102 Å². The van der Waals surface area contributed by atoms with Crippen molar-refractivity contribution in [3.8, 4) is 11.5 Å². The third-order valence-electron chi connectivity index (χ3n) is 10.5. The molecular formula is C43H59N7O8. The van der Waals surface area contributed by atoms with Gasteiger partial charge < -0.3 is 39.8 Å². The predicted octanol–water partition coefficient (Wildman–Crippen LogP) is 4.21. The summed E-state index contributed by atoms with van der Waals surface area (Å²) >= 11 is 0. The first-order valence-electron chi connectivity index (χ1n) is 20.0. The Balaban J connectivity index is 1.41. The van der Waals surface area contributed by atoms with Crippen molar-refractivity contribution in [1.82, 2.24) is 35.9 Å². The van der Waals surface area contributed by atoms with E-state index < -0.39 is 41.6 Å². The summed E-state index contributed by atoms with van der Waals surface area (Å²) in [5, 5.41) is 19.5. The summed E-state index contributed by atoms with van der Waals surface area (Å²) in [4.78, 5) is 62.6. The van der Waals surface area contributed by atoms with E-state index in [1.165, 1.54) is 7.11 Å². The standard InChI is InChI=1S/C43H59N7O8/c1-8-28(2)37(50-20-19-48(42(50)55)26-32-16-12-13-29(3)44-32)39(52)45-33(23-30-14-10-9-11-15-30)34(51)27-49(25-31-17-18-35-36(24-31)58-22-21-57-35)47-40(53)38(43(4,5)6)46-41(54)56-7/h9-18,24,28,33-34,37-38,51H,8,19-23,25-27H2,1-7H3,(H,45,52)(H,46,54)(H,47,53). The fourth-order valence-corrected chi connectivity index (χ4v) is 7.22. The van der Waals surface area contributed by atoms with Gasteiger partial charge in [-0.05, 0) is 60.1 Å². The van der Waals surface area contributed by atoms with Gasteiger partial charge in [-0.2, -0.15) is 0 Å². The number of alkyl carbamates (subject to hydrolysis) is 1. The minimum absolute atomic E-state index is 0.124. The number of hydrazine groups is 1. The van der Waals surface area contributed by atoms with Crippen molar-refractivity contribution >= 4 is 23.9 Å². The second-order valence-electron chi connectivity index (χ2n) is 16.1. The molecule has 2 aromatic carbocycles. The lowest BCUT2D eigenvalue weighted by Crippen LogP contribution is -2.60. The van der Waals surface area contributed by atoms with Crippen LogP contribution in [0.25, 0.3) is 0 Å². The van der Waals surface area contributed by atoms with E-state index in [2.05, 4.69) is 21.0 Å². The van der Waals surface area contributed by atoms with Gasteiger partial charge in [-0.25, -0.2) is 14.6 Å². The second-order valence-corrected chi connectivity index (χ2v) is 16.1. The molecule has 314 valence electrons. The molecule has 1 fully saturated rings. The monoisotopic (exact) mass is 801 g/mol. The topological polar surface area (TPSA) is 175 Å². The van der Waals surface area contributed by atoms with Crippen molar-refractivity contribution in [2.75, 3.05) is 40.0 Å². The van der Waals surface area contributed by atoms with E-state index in [0.29, 0.717) is 50.8 Å². The number of benzene rings is 2. The van der Waals surface area contributed by atoms with Gasteiger partial charge in [0.25, 0.3) is 5.91 Å². The SMILES string of the molecule is CCC(C)C(C(=O)NC(Cc1ccccc1)C(O)CN(Cc1ccc2c(c1)OCCO2)NC(=O)C(NC(=O)OC)C(C)(C)C)N1CCN(Cc2cccc(C)n2)C1=O. The fourth-order valence-electron chi connectivity index (χ4n) is 7.22. The summed E-state index contributed by atoms with van der Waals surface area (Å²) in [5.41, 5.74) is 5.47. The highest BCUT2D eigenvalue weighted by atomic mass is 16.6. The summed E-state index contributed by atoms with van der Waals surface area (Å²) in [5.74, 6) is 0.0644. The number of urea groups is 1. The number of carbonyl (C=O) groups is 4. The van der Waals surface area contributed by atoms with Crippen LogP contribution in [0.15, 0.2) is 66.7 Å². The molecule has 1 aromatic heterocycles. The molecule has 0 spiro atoms. The van der Waals surface area contributed by atoms with Gasteiger partial charge in [0.15, 0.2) is 11.5 Å². The Bertz CT molecular complexity index is 1870. The van der Waals surface area contributed by atoms with Crippen LogP contribution in [0.1, 0.15) is 63.6 Å². The molecule has 0 radical (unpaired) electrons. The first-order chi connectivity index (χ1) is 27.7. The molecule has 15 heteroatoms. The van der Waals surface area contributed by atoms with E-state index in [1.54, 1.807) is 20.9 Å². The number of aryl methyl sites for hydroxylation is 1. The first-order valence-corrected chi connectivity index (χ1v) is 20.0. The number of nitrogens with one attached hydrogen (secondary N) is 3. The number of hydrogen-bond acceptors (Lipinski definition) is 10. The molecule has 5 atom stereocenters. The number of carbonyl (C=O) groups excluding carboxylic acids is 4. The highest BCUT2D eigenvalue weighted by molar-refractivity contribution is 5.88. The molecular weight excluding hydrogens is 743 g/mol. The minimum atomic E-state index is -1.22. The van der Waals surface area contributed by atoms with Crippen molar-refractivity contribution in [3.63, 3.8) is 0 Å². The number of rotatable bonds is 17. The smallest absolute Gasteiger partial charge is 0.407 e. The molecule has 4 N–H and O–H groups in total. The molecule has 0 saturated carbocycles. The summed E-state index contributed by atoms with van der Waals surface area (Å²) in [6.45, 7) is 13.3. The number of nitrogens with zero attached hydrogens (tertiary/aromatic N) is 4. The van der Waals surface area contributed by atoms with E-state index in [9.17, 15) is 24.3 Å². The highest BCUT2D eigenvalue weighted by Gasteiger charge is 2.41. The van der Waals surface area contributed by atoms with Crippen LogP contribution in [-0.2, 0) is 33.8 Å². The summed E-state index contributed by atoms with van der Waals surface area (Å²) in [6.07, 6.45) is -1.09. The van der Waals surface area contributed by atoms with Gasteiger partial charge in [-0.3, -0.25) is 20.0 Å². The van der Waals surface area contributed by atoms with Crippen molar-refractivity contribution in [2.45, 2.75) is 91.7 Å². The average molecular weight is 802 g/mol. The number of hydrogen-bond donors (Lipinski definition) is 4. The number of fused-ring (bicyclic) bond motifs is 1. The molecule has 0 aliphatic carbocycles. The molecule has 3 aromatic rings. The average Bonchev–Trinajstić information content (AvgIpc) is 3.54. The normalized spacial score (nSPS) is 16.6. The van der Waals surface area contributed by atoms with Crippen molar-refractivity contribution < 1.29 is 38.5 Å². The number of aliphatic hydroxyl groups excluding tert-OH is 1. The van der Waals surface area contributed by atoms with Crippen LogP contribution in [-0.4, -0.2) is 113 Å². The molecule has 1 saturated heterocycles. The van der Waals surface area contributed by atoms with Gasteiger partial charge in [0.2, 0.25) is 5.91 Å². The summed E-state index contributed by atoms with van der Waals surface area (Å²) in [6, 6.07) is 17.8. The third kappa shape index (κ3) is 11.6. The Morgan fingerprint density at radius 3 is 2.34 bits per heavy atom. The maximum absolute atomic E-state index is 14.5. The van der Waals surface area contributed by atoms with Gasteiger partial charge in [0, 0.05) is 31.9 Å². The fraction of sp³-hybridized carbons (Fsp3) is 0.512. The zero-order valence-electron chi connectivity index (χ0n) is 34.7. The molecule has 15 nitrogen and oxygen atoms in total. The minimum Gasteiger partial charge on any atom is -0.486 e. The number of methoxy groups -OCH3 is 1. The van der Waals surface area contributed by atoms with Crippen LogP contribution in [0.2, 0.25) is 0 Å². The predicted molar refractivity (Wildman–Crippen MR) is 218 cm³/mol. The first kappa shape index (κ1) is 43.7. The lowest BCUT2D eigenvalue weighted by molar-refractivity contribution is -0.132. The van der Waals surface area contributed by atoms with E-state index in [-0.39, 0.29) is 37.4 Å². The van der Waals surface area contributed by atoms with E-state index in [0.717, 1.165) is 22.5 Å². The summed E-state index contributed by atoms with van der Waals surface area (Å²) < 4.78 is 16.3. The zero-order valence-corrected chi connectivity index (χ0v) is 34.7.